The summed E-state index contributed by atoms with van der Waals surface area (Å²) in [6.45, 7) is 15.8. The Bertz CT molecular complexity index is 1310. The van der Waals surface area contributed by atoms with Gasteiger partial charge in [-0.3, -0.25) is 10.1 Å². The molecule has 8 heteroatoms. The highest BCUT2D eigenvalue weighted by Crippen LogP contribution is 2.51. The number of hydrogen-bond acceptors (Lipinski definition) is 8. The smallest absolute Gasteiger partial charge is 0.201 e. The van der Waals surface area contributed by atoms with Crippen molar-refractivity contribution in [2.24, 2.45) is 5.73 Å². The molecule has 6 N–H and O–H groups in total. The van der Waals surface area contributed by atoms with Gasteiger partial charge in [0.2, 0.25) is 5.78 Å². The van der Waals surface area contributed by atoms with Crippen LogP contribution in [0.3, 0.4) is 0 Å². The van der Waals surface area contributed by atoms with E-state index in [9.17, 15) is 20.1 Å². The molecule has 8 nitrogen and oxygen atoms in total. The zero-order chi connectivity index (χ0) is 28.8. The average molecular weight is 537 g/mol. The first-order valence-electron chi connectivity index (χ1n) is 13.5. The van der Waals surface area contributed by atoms with Crippen molar-refractivity contribution >= 4 is 11.4 Å². The standard InChI is InChI=1S/C29H34N2O6.C2H6/c1-13(2)29(35)11-16-9-18-14(3)17-7-6-8-20(36-5)24(17)28(34)25(18)27(33)23(16)21(12-29)37-22-10-19(30)26(32)15(4)31-22;1-2/h6-9,15,19,21-22,26,31-33,35H,1,3,10-12,30H2,2,4-5H3;1-2H3. The van der Waals surface area contributed by atoms with Crippen LogP contribution in [-0.4, -0.2) is 58.2 Å². The molecule has 1 saturated heterocycles. The van der Waals surface area contributed by atoms with Crippen LogP contribution in [0.15, 0.2) is 43.0 Å². The molecule has 210 valence electrons. The maximum absolute atomic E-state index is 13.8. The van der Waals surface area contributed by atoms with Gasteiger partial charge in [0, 0.05) is 36.9 Å². The molecule has 2 aromatic carbocycles. The van der Waals surface area contributed by atoms with E-state index in [2.05, 4.69) is 18.5 Å². The third-order valence-corrected chi connectivity index (χ3v) is 8.11. The Hall–Kier alpha value is -3.01. The Kier molecular flexibility index (Phi) is 8.08. The van der Waals surface area contributed by atoms with Crippen LogP contribution in [0.4, 0.5) is 0 Å². The van der Waals surface area contributed by atoms with Crippen molar-refractivity contribution in [2.45, 2.75) is 83.1 Å². The number of nitrogens with two attached hydrogens (primary N) is 1. The van der Waals surface area contributed by atoms with Gasteiger partial charge in [-0.1, -0.05) is 39.1 Å². The van der Waals surface area contributed by atoms with Crippen molar-refractivity contribution in [1.82, 2.24) is 5.32 Å². The molecule has 6 unspecified atom stereocenters. The number of hydrogen-bond donors (Lipinski definition) is 5. The first-order chi connectivity index (χ1) is 18.5. The highest BCUT2D eigenvalue weighted by atomic mass is 16.5. The lowest BCUT2D eigenvalue weighted by atomic mass is 9.71. The van der Waals surface area contributed by atoms with E-state index in [-0.39, 0.29) is 36.0 Å². The van der Waals surface area contributed by atoms with E-state index >= 15 is 0 Å². The summed E-state index contributed by atoms with van der Waals surface area (Å²) in [5.74, 6) is -0.134. The summed E-state index contributed by atoms with van der Waals surface area (Å²) < 4.78 is 11.9. The van der Waals surface area contributed by atoms with Crippen LogP contribution >= 0.6 is 0 Å². The molecule has 2 aromatic rings. The Morgan fingerprint density at radius 2 is 1.92 bits per heavy atom. The van der Waals surface area contributed by atoms with Crippen LogP contribution in [0.2, 0.25) is 0 Å². The van der Waals surface area contributed by atoms with Gasteiger partial charge >= 0.3 is 0 Å². The number of carbonyl (C=O) groups is 1. The van der Waals surface area contributed by atoms with Crippen LogP contribution in [0.1, 0.15) is 84.8 Å². The zero-order valence-electron chi connectivity index (χ0n) is 23.4. The number of piperidine rings is 1. The summed E-state index contributed by atoms with van der Waals surface area (Å²) in [5.41, 5.74) is 8.80. The predicted octanol–water partition coefficient (Wildman–Crippen LogP) is 3.74. The molecule has 1 aliphatic heterocycles. The van der Waals surface area contributed by atoms with Crippen molar-refractivity contribution in [3.63, 3.8) is 0 Å². The van der Waals surface area contributed by atoms with Gasteiger partial charge in [-0.05, 0) is 53.8 Å². The minimum Gasteiger partial charge on any atom is -0.507 e. The summed E-state index contributed by atoms with van der Waals surface area (Å²) in [6, 6.07) is 6.34. The maximum atomic E-state index is 13.8. The second kappa shape index (κ2) is 10.9. The molecule has 39 heavy (non-hydrogen) atoms. The topological polar surface area (TPSA) is 134 Å². The molecule has 0 saturated carbocycles. The number of fused-ring (bicyclic) bond motifs is 3. The summed E-state index contributed by atoms with van der Waals surface area (Å²) in [4.78, 5) is 13.8. The van der Waals surface area contributed by atoms with E-state index in [0.29, 0.717) is 51.1 Å². The van der Waals surface area contributed by atoms with Gasteiger partial charge in [-0.15, -0.1) is 0 Å². The molecule has 0 radical (unpaired) electrons. The molecule has 2 aliphatic carbocycles. The largest absolute Gasteiger partial charge is 0.507 e. The van der Waals surface area contributed by atoms with Crippen molar-refractivity contribution in [3.8, 4) is 11.5 Å². The number of aliphatic hydroxyl groups excluding tert-OH is 1. The highest BCUT2D eigenvalue weighted by molar-refractivity contribution is 6.21. The quantitative estimate of drug-likeness (QED) is 0.319. The number of benzene rings is 2. The van der Waals surface area contributed by atoms with Gasteiger partial charge in [-0.25, -0.2) is 0 Å². The Labute approximate surface area is 230 Å². The minimum absolute atomic E-state index is 0.140. The third-order valence-electron chi connectivity index (χ3n) is 8.11. The van der Waals surface area contributed by atoms with Crippen LogP contribution < -0.4 is 15.8 Å². The van der Waals surface area contributed by atoms with Gasteiger partial charge in [0.25, 0.3) is 0 Å². The van der Waals surface area contributed by atoms with E-state index in [1.54, 1.807) is 25.1 Å². The number of aromatic hydroxyl groups is 1. The van der Waals surface area contributed by atoms with Crippen molar-refractivity contribution in [3.05, 3.63) is 76.4 Å². The second-order valence-corrected chi connectivity index (χ2v) is 10.6. The van der Waals surface area contributed by atoms with Gasteiger partial charge in [0.15, 0.2) is 0 Å². The molecule has 6 atom stereocenters. The number of phenols is 1. The lowest BCUT2D eigenvalue weighted by molar-refractivity contribution is -0.107. The average Bonchev–Trinajstić information content (AvgIpc) is 2.90. The number of aliphatic hydroxyl groups is 2. The van der Waals surface area contributed by atoms with Crippen LogP contribution in [-0.2, 0) is 11.2 Å². The van der Waals surface area contributed by atoms with Crippen molar-refractivity contribution in [2.75, 3.05) is 7.11 Å². The van der Waals surface area contributed by atoms with E-state index in [1.807, 2.05) is 26.8 Å². The Balaban J connectivity index is 0.00000172. The zero-order valence-corrected chi connectivity index (χ0v) is 23.4. The summed E-state index contributed by atoms with van der Waals surface area (Å²) in [5, 5.41) is 36.6. The summed E-state index contributed by atoms with van der Waals surface area (Å²) in [6.07, 6.45) is -1.32. The van der Waals surface area contributed by atoms with Gasteiger partial charge in [0.05, 0.1) is 36.0 Å². The molecule has 0 bridgehead atoms. The maximum Gasteiger partial charge on any atom is 0.201 e. The lowest BCUT2D eigenvalue weighted by Crippen LogP contribution is -2.59. The summed E-state index contributed by atoms with van der Waals surface area (Å²) in [7, 11) is 1.50. The Morgan fingerprint density at radius 1 is 1.23 bits per heavy atom. The number of carbonyl (C=O) groups excluding carboxylic acids is 1. The minimum atomic E-state index is -1.28. The predicted molar refractivity (Wildman–Crippen MR) is 151 cm³/mol. The van der Waals surface area contributed by atoms with E-state index in [0.717, 1.165) is 0 Å². The molecule has 5 rings (SSSR count). The number of phenolic OH excluding ortho intramolecular Hbond substituents is 1. The lowest BCUT2D eigenvalue weighted by Gasteiger charge is -2.43. The van der Waals surface area contributed by atoms with Crippen LogP contribution in [0.25, 0.3) is 5.57 Å². The summed E-state index contributed by atoms with van der Waals surface area (Å²) >= 11 is 0. The van der Waals surface area contributed by atoms with E-state index in [4.69, 9.17) is 15.2 Å². The van der Waals surface area contributed by atoms with E-state index in [1.165, 1.54) is 7.11 Å². The number of ketones is 1. The second-order valence-electron chi connectivity index (χ2n) is 10.6. The van der Waals surface area contributed by atoms with Crippen molar-refractivity contribution < 1.29 is 29.6 Å². The van der Waals surface area contributed by atoms with Crippen LogP contribution in [0.5, 0.6) is 11.5 Å². The van der Waals surface area contributed by atoms with E-state index < -0.39 is 30.1 Å². The molecule has 1 heterocycles. The number of ether oxygens (including phenoxy) is 2. The van der Waals surface area contributed by atoms with Gasteiger partial charge < -0.3 is 30.5 Å². The van der Waals surface area contributed by atoms with Gasteiger partial charge in [-0.2, -0.15) is 0 Å². The molecule has 1 fully saturated rings. The fourth-order valence-corrected chi connectivity index (χ4v) is 5.92. The normalized spacial score (nSPS) is 29.4. The first-order valence-corrected chi connectivity index (χ1v) is 13.5. The molecule has 0 amide bonds. The highest BCUT2D eigenvalue weighted by Gasteiger charge is 2.45. The molecule has 0 spiro atoms. The third kappa shape index (κ3) is 4.81. The number of methoxy groups -OCH3 is 1. The molecule has 0 aromatic heterocycles. The first kappa shape index (κ1) is 29.0. The monoisotopic (exact) mass is 536 g/mol. The fourth-order valence-electron chi connectivity index (χ4n) is 5.92. The molecular weight excluding hydrogens is 496 g/mol. The molecular formula is C31H40N2O6. The fraction of sp³-hybridized carbons (Fsp3) is 0.452. The van der Waals surface area contributed by atoms with Crippen molar-refractivity contribution in [1.29, 1.82) is 0 Å². The number of nitrogens with one attached hydrogen (secondary N) is 1. The molecule has 3 aliphatic rings. The van der Waals surface area contributed by atoms with Crippen LogP contribution in [0, 0.1) is 0 Å². The SMILES string of the molecule is C=C1c2cccc(OC)c2C(=O)c2c1cc1c(c2O)C(OC2CC(N)C(O)C(C)N2)CC(O)(C(=C)C)C1.CC. The number of rotatable bonds is 4. The Morgan fingerprint density at radius 3 is 2.54 bits per heavy atom. The van der Waals surface area contributed by atoms with Gasteiger partial charge in [0.1, 0.15) is 17.7 Å².